The molecule has 0 radical (unpaired) electrons. The molecule has 1 atom stereocenters. The minimum atomic E-state index is 0.782. The number of nitrogens with zero attached hydrogens (tertiary/aromatic N) is 2. The van der Waals surface area contributed by atoms with E-state index in [2.05, 4.69) is 16.8 Å². The van der Waals surface area contributed by atoms with Crippen molar-refractivity contribution in [3.8, 4) is 0 Å². The van der Waals surface area contributed by atoms with E-state index in [0.717, 1.165) is 23.2 Å². The van der Waals surface area contributed by atoms with Crippen LogP contribution in [0.1, 0.15) is 25.5 Å². The van der Waals surface area contributed by atoms with Gasteiger partial charge in [0.25, 0.3) is 0 Å². The Kier molecular flexibility index (Phi) is 3.60. The van der Waals surface area contributed by atoms with Gasteiger partial charge in [0.1, 0.15) is 0 Å². The number of hydrogen-bond acceptors (Lipinski definition) is 2. The Morgan fingerprint density at radius 2 is 2.47 bits per heavy atom. The first kappa shape index (κ1) is 10.9. The fourth-order valence-corrected chi connectivity index (χ4v) is 2.38. The van der Waals surface area contributed by atoms with E-state index in [0.29, 0.717) is 0 Å². The van der Waals surface area contributed by atoms with Gasteiger partial charge in [-0.15, -0.1) is 0 Å². The van der Waals surface area contributed by atoms with Crippen molar-refractivity contribution in [3.63, 3.8) is 0 Å². The summed E-state index contributed by atoms with van der Waals surface area (Å²) in [6.07, 6.45) is 4.45. The molecule has 0 N–H and O–H groups in total. The highest BCUT2D eigenvalue weighted by Crippen LogP contribution is 2.18. The molecule has 15 heavy (non-hydrogen) atoms. The highest BCUT2D eigenvalue weighted by Gasteiger charge is 2.16. The molecule has 0 spiro atoms. The monoisotopic (exact) mass is 224 g/mol. The molecule has 1 saturated heterocycles. The highest BCUT2D eigenvalue weighted by atomic mass is 35.5. The topological polar surface area (TPSA) is 16.1 Å². The van der Waals surface area contributed by atoms with Crippen LogP contribution in [0.5, 0.6) is 0 Å². The molecule has 1 aromatic rings. The van der Waals surface area contributed by atoms with E-state index in [1.54, 1.807) is 6.20 Å². The van der Waals surface area contributed by atoms with Crippen LogP contribution in [0.4, 0.5) is 0 Å². The summed E-state index contributed by atoms with van der Waals surface area (Å²) in [6.45, 7) is 5.63. The zero-order valence-corrected chi connectivity index (χ0v) is 9.87. The molecule has 1 fully saturated rings. The predicted molar refractivity (Wildman–Crippen MR) is 62.9 cm³/mol. The summed E-state index contributed by atoms with van der Waals surface area (Å²) in [7, 11) is 0. The minimum Gasteiger partial charge on any atom is -0.297 e. The van der Waals surface area contributed by atoms with E-state index in [-0.39, 0.29) is 0 Å². The van der Waals surface area contributed by atoms with Crippen molar-refractivity contribution in [2.24, 2.45) is 5.92 Å². The molecule has 1 unspecified atom stereocenters. The largest absolute Gasteiger partial charge is 0.297 e. The number of rotatable bonds is 2. The van der Waals surface area contributed by atoms with Crippen molar-refractivity contribution in [1.29, 1.82) is 0 Å². The Bertz CT molecular complexity index is 327. The van der Waals surface area contributed by atoms with E-state index in [1.165, 1.54) is 25.9 Å². The van der Waals surface area contributed by atoms with Crippen LogP contribution in [0.15, 0.2) is 18.3 Å². The van der Waals surface area contributed by atoms with E-state index in [1.807, 2.05) is 12.1 Å². The van der Waals surface area contributed by atoms with Crippen LogP contribution in [0.3, 0.4) is 0 Å². The second-order valence-corrected chi connectivity index (χ2v) is 4.88. The van der Waals surface area contributed by atoms with Crippen LogP contribution < -0.4 is 0 Å². The van der Waals surface area contributed by atoms with Gasteiger partial charge < -0.3 is 0 Å². The van der Waals surface area contributed by atoms with Gasteiger partial charge in [-0.25, -0.2) is 0 Å². The van der Waals surface area contributed by atoms with Gasteiger partial charge in [-0.3, -0.25) is 9.88 Å². The van der Waals surface area contributed by atoms with Crippen LogP contribution in [-0.4, -0.2) is 23.0 Å². The third-order valence-corrected chi connectivity index (χ3v) is 3.14. The lowest BCUT2D eigenvalue weighted by atomic mass is 10.0. The molecular formula is C12H17ClN2. The normalized spacial score (nSPS) is 22.9. The van der Waals surface area contributed by atoms with Crippen LogP contribution in [-0.2, 0) is 6.54 Å². The quantitative estimate of drug-likeness (QED) is 0.768. The molecule has 0 amide bonds. The number of halogens is 1. The Morgan fingerprint density at radius 3 is 3.20 bits per heavy atom. The summed E-state index contributed by atoms with van der Waals surface area (Å²) in [5, 5.41) is 0.782. The number of likely N-dealkylation sites (tertiary alicyclic amines) is 1. The Hall–Kier alpha value is -0.600. The van der Waals surface area contributed by atoms with Crippen molar-refractivity contribution in [3.05, 3.63) is 29.0 Å². The zero-order valence-electron chi connectivity index (χ0n) is 9.12. The van der Waals surface area contributed by atoms with E-state index < -0.39 is 0 Å². The van der Waals surface area contributed by atoms with Crippen molar-refractivity contribution in [1.82, 2.24) is 9.88 Å². The van der Waals surface area contributed by atoms with Gasteiger partial charge in [0.05, 0.1) is 5.69 Å². The van der Waals surface area contributed by atoms with Crippen molar-refractivity contribution < 1.29 is 0 Å². The molecule has 0 bridgehead atoms. The van der Waals surface area contributed by atoms with E-state index >= 15 is 0 Å². The third kappa shape index (κ3) is 3.18. The number of hydrogen-bond donors (Lipinski definition) is 0. The van der Waals surface area contributed by atoms with Crippen LogP contribution in [0.25, 0.3) is 0 Å². The summed E-state index contributed by atoms with van der Waals surface area (Å²) in [5.41, 5.74) is 1.08. The standard InChI is InChI=1S/C12H17ClN2/c1-10-3-2-6-15(8-10)9-12-7-11(13)4-5-14-12/h4-5,7,10H,2-3,6,8-9H2,1H3. The third-order valence-electron chi connectivity index (χ3n) is 2.91. The molecule has 2 heterocycles. The second kappa shape index (κ2) is 4.95. The van der Waals surface area contributed by atoms with Gasteiger partial charge in [0, 0.05) is 24.3 Å². The number of piperidine rings is 1. The maximum Gasteiger partial charge on any atom is 0.0558 e. The smallest absolute Gasteiger partial charge is 0.0558 e. The Morgan fingerprint density at radius 1 is 1.60 bits per heavy atom. The van der Waals surface area contributed by atoms with Gasteiger partial charge in [0.2, 0.25) is 0 Å². The van der Waals surface area contributed by atoms with Crippen molar-refractivity contribution in [2.75, 3.05) is 13.1 Å². The summed E-state index contributed by atoms with van der Waals surface area (Å²) >= 11 is 5.93. The van der Waals surface area contributed by atoms with Gasteiger partial charge in [-0.1, -0.05) is 18.5 Å². The SMILES string of the molecule is CC1CCCN(Cc2cc(Cl)ccn2)C1. The minimum absolute atomic E-state index is 0.782. The molecule has 82 valence electrons. The lowest BCUT2D eigenvalue weighted by molar-refractivity contribution is 0.175. The van der Waals surface area contributed by atoms with Crippen LogP contribution >= 0.6 is 11.6 Å². The van der Waals surface area contributed by atoms with Gasteiger partial charge >= 0.3 is 0 Å². The Labute approximate surface area is 96.3 Å². The van der Waals surface area contributed by atoms with Gasteiger partial charge in [-0.05, 0) is 37.4 Å². The maximum absolute atomic E-state index is 5.93. The summed E-state index contributed by atoms with van der Waals surface area (Å²) in [6, 6.07) is 3.78. The first-order chi connectivity index (χ1) is 7.24. The molecule has 3 heteroatoms. The lowest BCUT2D eigenvalue weighted by Gasteiger charge is -2.30. The molecule has 2 rings (SSSR count). The predicted octanol–water partition coefficient (Wildman–Crippen LogP) is 2.97. The molecule has 1 aliphatic rings. The average molecular weight is 225 g/mol. The summed E-state index contributed by atoms with van der Waals surface area (Å²) in [5.74, 6) is 0.818. The fraction of sp³-hybridized carbons (Fsp3) is 0.583. The zero-order chi connectivity index (χ0) is 10.7. The maximum atomic E-state index is 5.93. The molecule has 0 aliphatic carbocycles. The molecule has 1 aromatic heterocycles. The molecule has 0 aromatic carbocycles. The first-order valence-electron chi connectivity index (χ1n) is 5.57. The second-order valence-electron chi connectivity index (χ2n) is 4.45. The highest BCUT2D eigenvalue weighted by molar-refractivity contribution is 6.30. The van der Waals surface area contributed by atoms with Gasteiger partial charge in [0.15, 0.2) is 0 Å². The molecule has 1 aliphatic heterocycles. The van der Waals surface area contributed by atoms with Crippen LogP contribution in [0, 0.1) is 5.92 Å². The van der Waals surface area contributed by atoms with Crippen LogP contribution in [0.2, 0.25) is 5.02 Å². The fourth-order valence-electron chi connectivity index (χ4n) is 2.19. The lowest BCUT2D eigenvalue weighted by Crippen LogP contribution is -2.33. The molecule has 0 saturated carbocycles. The molecule has 2 nitrogen and oxygen atoms in total. The number of pyridine rings is 1. The van der Waals surface area contributed by atoms with Gasteiger partial charge in [-0.2, -0.15) is 0 Å². The first-order valence-corrected chi connectivity index (χ1v) is 5.94. The van der Waals surface area contributed by atoms with Crippen molar-refractivity contribution in [2.45, 2.75) is 26.3 Å². The van der Waals surface area contributed by atoms with Crippen molar-refractivity contribution >= 4 is 11.6 Å². The van der Waals surface area contributed by atoms with E-state index in [4.69, 9.17) is 11.6 Å². The molecular weight excluding hydrogens is 208 g/mol. The summed E-state index contributed by atoms with van der Waals surface area (Å²) in [4.78, 5) is 6.80. The number of aromatic nitrogens is 1. The summed E-state index contributed by atoms with van der Waals surface area (Å²) < 4.78 is 0. The average Bonchev–Trinajstić information content (AvgIpc) is 2.17. The van der Waals surface area contributed by atoms with E-state index in [9.17, 15) is 0 Å². The Balaban J connectivity index is 1.96.